The van der Waals surface area contributed by atoms with Gasteiger partial charge in [-0.3, -0.25) is 4.79 Å². The molecule has 0 radical (unpaired) electrons. The number of aryl methyl sites for hydroxylation is 2. The second kappa shape index (κ2) is 6.75. The van der Waals surface area contributed by atoms with Crippen LogP contribution in [0.2, 0.25) is 0 Å². The number of phenolic OH excluding ortho intramolecular Hbond substituents is 1. The molecular formula is C15H19N3O2. The molecule has 106 valence electrons. The van der Waals surface area contributed by atoms with Gasteiger partial charge in [-0.25, -0.2) is 4.98 Å². The Kier molecular flexibility index (Phi) is 4.76. The first kappa shape index (κ1) is 14.1. The highest BCUT2D eigenvalue weighted by Gasteiger charge is 2.10. The lowest BCUT2D eigenvalue weighted by Gasteiger charge is -2.08. The molecule has 0 atom stereocenters. The lowest BCUT2D eigenvalue weighted by Crippen LogP contribution is -2.24. The smallest absolute Gasteiger partial charge is 0.255 e. The van der Waals surface area contributed by atoms with E-state index in [2.05, 4.69) is 10.3 Å². The molecule has 0 bridgehead atoms. The molecule has 1 aromatic carbocycles. The molecule has 1 amide bonds. The summed E-state index contributed by atoms with van der Waals surface area (Å²) in [7, 11) is 0. The lowest BCUT2D eigenvalue weighted by molar-refractivity contribution is 0.0950. The highest BCUT2D eigenvalue weighted by molar-refractivity contribution is 5.96. The zero-order chi connectivity index (χ0) is 14.4. The lowest BCUT2D eigenvalue weighted by atomic mass is 10.1. The van der Waals surface area contributed by atoms with E-state index in [1.54, 1.807) is 30.7 Å². The van der Waals surface area contributed by atoms with Crippen LogP contribution < -0.4 is 5.32 Å². The first-order valence-corrected chi connectivity index (χ1v) is 6.70. The van der Waals surface area contributed by atoms with Crippen LogP contribution in [0.25, 0.3) is 0 Å². The second-order valence-electron chi connectivity index (χ2n) is 4.78. The number of carbonyl (C=O) groups excluding carboxylic acids is 1. The molecule has 2 N–H and O–H groups in total. The Balaban J connectivity index is 1.73. The van der Waals surface area contributed by atoms with Crippen molar-refractivity contribution in [3.8, 4) is 5.75 Å². The first-order valence-electron chi connectivity index (χ1n) is 6.70. The number of nitrogens with one attached hydrogen (secondary N) is 1. The van der Waals surface area contributed by atoms with Gasteiger partial charge in [-0.15, -0.1) is 0 Å². The van der Waals surface area contributed by atoms with Crippen molar-refractivity contribution in [1.82, 2.24) is 14.9 Å². The highest BCUT2D eigenvalue weighted by atomic mass is 16.3. The zero-order valence-corrected chi connectivity index (χ0v) is 11.5. The fraction of sp³-hybridized carbons (Fsp3) is 0.333. The predicted octanol–water partition coefficient (Wildman–Crippen LogP) is 2.11. The van der Waals surface area contributed by atoms with E-state index in [-0.39, 0.29) is 11.7 Å². The van der Waals surface area contributed by atoms with Gasteiger partial charge in [-0.2, -0.15) is 0 Å². The van der Waals surface area contributed by atoms with Crippen LogP contribution >= 0.6 is 0 Å². The number of carbonyl (C=O) groups is 1. The zero-order valence-electron chi connectivity index (χ0n) is 11.5. The Hall–Kier alpha value is -2.30. The third kappa shape index (κ3) is 3.85. The molecule has 2 aromatic rings. The van der Waals surface area contributed by atoms with Crippen molar-refractivity contribution in [2.75, 3.05) is 6.54 Å². The van der Waals surface area contributed by atoms with E-state index in [1.165, 1.54) is 0 Å². The van der Waals surface area contributed by atoms with Crippen molar-refractivity contribution < 1.29 is 9.90 Å². The predicted molar refractivity (Wildman–Crippen MR) is 76.6 cm³/mol. The van der Waals surface area contributed by atoms with E-state index in [9.17, 15) is 9.90 Å². The number of amides is 1. The molecule has 0 saturated heterocycles. The van der Waals surface area contributed by atoms with E-state index in [0.29, 0.717) is 12.1 Å². The van der Waals surface area contributed by atoms with Gasteiger partial charge >= 0.3 is 0 Å². The summed E-state index contributed by atoms with van der Waals surface area (Å²) in [5.41, 5.74) is 1.28. The summed E-state index contributed by atoms with van der Waals surface area (Å²) in [5.74, 6) is -0.208. The van der Waals surface area contributed by atoms with Gasteiger partial charge in [-0.05, 0) is 31.9 Å². The summed E-state index contributed by atoms with van der Waals surface area (Å²) in [6.45, 7) is 3.38. The van der Waals surface area contributed by atoms with Crippen LogP contribution in [0.3, 0.4) is 0 Å². The van der Waals surface area contributed by atoms with Crippen molar-refractivity contribution >= 4 is 5.91 Å². The minimum absolute atomic E-state index is 0.0199. The Bertz CT molecular complexity index is 565. The SMILES string of the molecule is Cc1ccc(O)c(C(=O)NCCCCn2ccnc2)c1. The molecule has 5 nitrogen and oxygen atoms in total. The van der Waals surface area contributed by atoms with Crippen LogP contribution in [0.15, 0.2) is 36.9 Å². The van der Waals surface area contributed by atoms with Gasteiger partial charge in [0.25, 0.3) is 5.91 Å². The van der Waals surface area contributed by atoms with Crippen LogP contribution in [0.5, 0.6) is 5.75 Å². The van der Waals surface area contributed by atoms with Crippen LogP contribution in [-0.2, 0) is 6.54 Å². The number of aromatic nitrogens is 2. The molecule has 5 heteroatoms. The fourth-order valence-corrected chi connectivity index (χ4v) is 1.97. The van der Waals surface area contributed by atoms with Gasteiger partial charge in [0.2, 0.25) is 0 Å². The minimum atomic E-state index is -0.228. The summed E-state index contributed by atoms with van der Waals surface area (Å²) < 4.78 is 2.01. The van der Waals surface area contributed by atoms with Gasteiger partial charge in [0.15, 0.2) is 0 Å². The van der Waals surface area contributed by atoms with Crippen molar-refractivity contribution in [1.29, 1.82) is 0 Å². The van der Waals surface area contributed by atoms with E-state index in [4.69, 9.17) is 0 Å². The molecule has 1 heterocycles. The average Bonchev–Trinajstić information content (AvgIpc) is 2.94. The highest BCUT2D eigenvalue weighted by Crippen LogP contribution is 2.17. The van der Waals surface area contributed by atoms with E-state index >= 15 is 0 Å². The molecule has 0 saturated carbocycles. The van der Waals surface area contributed by atoms with Crippen molar-refractivity contribution in [2.24, 2.45) is 0 Å². The molecule has 2 rings (SSSR count). The van der Waals surface area contributed by atoms with Crippen LogP contribution in [0, 0.1) is 6.92 Å². The Morgan fingerprint density at radius 2 is 2.25 bits per heavy atom. The van der Waals surface area contributed by atoms with Crippen LogP contribution in [0.1, 0.15) is 28.8 Å². The molecule has 0 unspecified atom stereocenters. The number of nitrogens with zero attached hydrogens (tertiary/aromatic N) is 2. The molecule has 0 aliphatic heterocycles. The van der Waals surface area contributed by atoms with Gasteiger partial charge in [0.05, 0.1) is 11.9 Å². The number of rotatable bonds is 6. The average molecular weight is 273 g/mol. The third-order valence-electron chi connectivity index (χ3n) is 3.08. The Morgan fingerprint density at radius 1 is 1.40 bits per heavy atom. The summed E-state index contributed by atoms with van der Waals surface area (Å²) in [6.07, 6.45) is 7.31. The first-order chi connectivity index (χ1) is 9.66. The fourth-order valence-electron chi connectivity index (χ4n) is 1.97. The largest absolute Gasteiger partial charge is 0.507 e. The van der Waals surface area contributed by atoms with Crippen LogP contribution in [0.4, 0.5) is 0 Å². The number of benzene rings is 1. The van der Waals surface area contributed by atoms with E-state index in [1.807, 2.05) is 17.7 Å². The minimum Gasteiger partial charge on any atom is -0.507 e. The number of phenols is 1. The number of unbranched alkanes of at least 4 members (excludes halogenated alkanes) is 1. The number of hydrogen-bond acceptors (Lipinski definition) is 3. The maximum Gasteiger partial charge on any atom is 0.255 e. The molecule has 0 spiro atoms. The molecule has 0 aliphatic carbocycles. The summed E-state index contributed by atoms with van der Waals surface area (Å²) in [5, 5.41) is 12.5. The standard InChI is InChI=1S/C15H19N3O2/c1-12-4-5-14(19)13(10-12)15(20)17-6-2-3-8-18-9-7-16-11-18/h4-5,7,9-11,19H,2-3,6,8H2,1H3,(H,17,20). The Labute approximate surface area is 118 Å². The normalized spacial score (nSPS) is 10.4. The van der Waals surface area contributed by atoms with Gasteiger partial charge in [0, 0.05) is 25.5 Å². The number of aromatic hydroxyl groups is 1. The third-order valence-corrected chi connectivity index (χ3v) is 3.08. The van der Waals surface area contributed by atoms with Gasteiger partial charge in [0.1, 0.15) is 5.75 Å². The van der Waals surface area contributed by atoms with Gasteiger partial charge in [-0.1, -0.05) is 11.6 Å². The van der Waals surface area contributed by atoms with Gasteiger partial charge < -0.3 is 15.0 Å². The molecular weight excluding hydrogens is 254 g/mol. The van der Waals surface area contributed by atoms with Crippen molar-refractivity contribution in [2.45, 2.75) is 26.3 Å². The van der Waals surface area contributed by atoms with E-state index in [0.717, 1.165) is 24.9 Å². The Morgan fingerprint density at radius 3 is 3.00 bits per heavy atom. The van der Waals surface area contributed by atoms with Crippen molar-refractivity contribution in [3.05, 3.63) is 48.0 Å². The summed E-state index contributed by atoms with van der Waals surface area (Å²) in [4.78, 5) is 15.9. The van der Waals surface area contributed by atoms with E-state index < -0.39 is 0 Å². The van der Waals surface area contributed by atoms with Crippen LogP contribution in [-0.4, -0.2) is 27.1 Å². The monoisotopic (exact) mass is 273 g/mol. The molecule has 20 heavy (non-hydrogen) atoms. The second-order valence-corrected chi connectivity index (χ2v) is 4.78. The molecule has 1 aromatic heterocycles. The summed E-state index contributed by atoms with van der Waals surface area (Å²) in [6, 6.07) is 5.01. The number of imidazole rings is 1. The van der Waals surface area contributed by atoms with Crippen molar-refractivity contribution in [3.63, 3.8) is 0 Å². The molecule has 0 fully saturated rings. The quantitative estimate of drug-likeness (QED) is 0.792. The number of hydrogen-bond donors (Lipinski definition) is 2. The summed E-state index contributed by atoms with van der Waals surface area (Å²) >= 11 is 0. The molecule has 0 aliphatic rings. The topological polar surface area (TPSA) is 67.2 Å². The maximum absolute atomic E-state index is 11.9. The maximum atomic E-state index is 11.9.